The second-order valence-electron chi connectivity index (χ2n) is 30.6. The fourth-order valence-electron chi connectivity index (χ4n) is 18.6. The van der Waals surface area contributed by atoms with Gasteiger partial charge in [0.05, 0.1) is 42.6 Å². The molecule has 4 saturated heterocycles. The van der Waals surface area contributed by atoms with E-state index in [-0.39, 0.29) is 67.1 Å². The molecule has 0 radical (unpaired) electrons. The molecule has 506 valence electrons. The fourth-order valence-corrected chi connectivity index (χ4v) is 25.0. The number of aliphatic hydroxyl groups is 1. The molecule has 3 aliphatic carbocycles. The lowest BCUT2D eigenvalue weighted by Gasteiger charge is -2.42. The number of nitrogens with zero attached hydrogens (tertiary/aromatic N) is 5. The van der Waals surface area contributed by atoms with Crippen molar-refractivity contribution in [3.8, 4) is 22.3 Å². The van der Waals surface area contributed by atoms with Crippen molar-refractivity contribution in [2.75, 3.05) is 68.3 Å². The van der Waals surface area contributed by atoms with E-state index >= 15 is 30.0 Å². The van der Waals surface area contributed by atoms with Crippen molar-refractivity contribution in [3.63, 3.8) is 0 Å². The molecular formula is C78H82N8O8S4. The number of anilines is 3. The molecule has 20 heteroatoms. The minimum atomic E-state index is -4.05. The van der Waals surface area contributed by atoms with E-state index in [1.54, 1.807) is 61.3 Å². The summed E-state index contributed by atoms with van der Waals surface area (Å²) in [6, 6.07) is 41.6. The SMILES string of the molecule is CC1CC(C)CN(Sc2ccc3c(c2)C2(N=c4cccc5cc/c(=C6/C(=O)C(c7ccc8cccc9c8c7NC7(N9)c8cc(S(=O)(=O)N9CC(C)CC(C)C9)ccc8-c8ccc(S(=O)(=O)N9CC(C)CC(C)C9)cc87)=C6O)c(c45)N2)c2cc(S(=O)(=O)N4CC(C)CC(C)C4)ccc2-3)C1. The van der Waals surface area contributed by atoms with E-state index in [0.29, 0.717) is 118 Å². The highest BCUT2D eigenvalue weighted by Crippen LogP contribution is 2.58. The van der Waals surface area contributed by atoms with Crippen molar-refractivity contribution in [1.82, 2.24) is 17.2 Å². The summed E-state index contributed by atoms with van der Waals surface area (Å²) >= 11 is 1.72. The van der Waals surface area contributed by atoms with Crippen LogP contribution in [0.1, 0.15) is 109 Å². The highest BCUT2D eigenvalue weighted by Gasteiger charge is 2.52. The number of ketones is 1. The van der Waals surface area contributed by atoms with Crippen LogP contribution in [-0.4, -0.2) is 106 Å². The van der Waals surface area contributed by atoms with Gasteiger partial charge in [-0.05, 0) is 179 Å². The average Bonchev–Trinajstić information content (AvgIpc) is 1.29. The standard InChI is InChI=1S/C78H82N8O8S4/c1-43-27-44(2)36-83(35-43)95-53-17-23-57-58-24-18-54(96(89,90)84-37-45(3)28-46(4)38-84)32-64(58)77(63(57)31-53)79-67-13-9-11-51-15-21-61(73(81-77)69(51)67)71-75(87)72(76(71)88)62-22-16-52-12-10-14-68-70(52)74(62)82-78(80-68)65-33-55(97(91,92)85-39-47(5)29-48(6)40-85)19-25-59(65)60-26-20-56(34-66(60)78)98(93,94)86-41-49(7)30-50(8)42-86/h9-26,31-34,43-50,80-82,87H,27-30,35-42H2,1-8H3/b71-61-. The highest BCUT2D eigenvalue weighted by molar-refractivity contribution is 7.97. The number of piperidine rings is 4. The number of carbonyl (C=O) groups excluding carboxylic acids is 1. The van der Waals surface area contributed by atoms with Gasteiger partial charge in [0.25, 0.3) is 0 Å². The fraction of sp³-hybridized carbons (Fsp3) is 0.385. The van der Waals surface area contributed by atoms with Gasteiger partial charge in [-0.3, -0.25) is 4.79 Å². The lowest BCUT2D eigenvalue weighted by Crippen LogP contribution is -2.46. The third kappa shape index (κ3) is 9.86. The molecule has 9 unspecified atom stereocenters. The summed E-state index contributed by atoms with van der Waals surface area (Å²) in [6.45, 7) is 21.4. The van der Waals surface area contributed by atoms with E-state index in [0.717, 1.165) is 76.5 Å². The second kappa shape index (κ2) is 22.8. The first-order valence-electron chi connectivity index (χ1n) is 34.9. The van der Waals surface area contributed by atoms with E-state index in [4.69, 9.17) is 4.99 Å². The maximum Gasteiger partial charge on any atom is 0.243 e. The largest absolute Gasteiger partial charge is 0.506 e. The molecule has 8 aromatic carbocycles. The lowest BCUT2D eigenvalue weighted by molar-refractivity contribution is -0.109. The van der Waals surface area contributed by atoms with Crippen LogP contribution in [0.5, 0.6) is 0 Å². The molecule has 0 bridgehead atoms. The van der Waals surface area contributed by atoms with Gasteiger partial charge < -0.3 is 21.1 Å². The minimum Gasteiger partial charge on any atom is -0.506 e. The number of hydrogen-bond donors (Lipinski definition) is 4. The van der Waals surface area contributed by atoms with E-state index in [1.165, 1.54) is 0 Å². The molecule has 4 fully saturated rings. The zero-order valence-corrected chi connectivity index (χ0v) is 59.7. The molecule has 4 N–H and O–H groups in total. The Bertz CT molecular complexity index is 5210. The highest BCUT2D eigenvalue weighted by atomic mass is 32.2. The van der Waals surface area contributed by atoms with Crippen LogP contribution in [0, 0.1) is 47.3 Å². The van der Waals surface area contributed by atoms with Crippen LogP contribution in [0.15, 0.2) is 164 Å². The lowest BCUT2D eigenvalue weighted by atomic mass is 9.79. The molecule has 0 saturated carbocycles. The van der Waals surface area contributed by atoms with Gasteiger partial charge in [0.1, 0.15) is 5.76 Å². The monoisotopic (exact) mass is 1390 g/mol. The van der Waals surface area contributed by atoms with Gasteiger partial charge >= 0.3 is 0 Å². The van der Waals surface area contributed by atoms with Gasteiger partial charge in [-0.25, -0.2) is 34.6 Å². The molecule has 9 atom stereocenters. The van der Waals surface area contributed by atoms with Gasteiger partial charge in [-0.2, -0.15) is 12.9 Å². The normalized spacial score (nSPS) is 28.4. The van der Waals surface area contributed by atoms with E-state index in [9.17, 15) is 5.11 Å². The quantitative estimate of drug-likeness (QED) is 0.0996. The van der Waals surface area contributed by atoms with Crippen LogP contribution in [0.25, 0.3) is 54.9 Å². The molecule has 8 aromatic rings. The Kier molecular flexibility index (Phi) is 14.9. The van der Waals surface area contributed by atoms with Crippen molar-refractivity contribution in [2.45, 2.75) is 112 Å². The number of nitrogens with one attached hydrogen (secondary N) is 3. The average molecular weight is 1390 g/mol. The smallest absolute Gasteiger partial charge is 0.243 e. The Hall–Kier alpha value is -7.40. The predicted octanol–water partition coefficient (Wildman–Crippen LogP) is 13.3. The van der Waals surface area contributed by atoms with Crippen molar-refractivity contribution in [3.05, 3.63) is 178 Å². The van der Waals surface area contributed by atoms with Crippen molar-refractivity contribution < 1.29 is 35.2 Å². The molecule has 98 heavy (non-hydrogen) atoms. The summed E-state index contributed by atoms with van der Waals surface area (Å²) in [5.41, 5.74) is 5.06. The third-order valence-corrected chi connectivity index (χ3v) is 28.9. The first-order chi connectivity index (χ1) is 46.8. The number of sulfonamides is 3. The van der Waals surface area contributed by atoms with Gasteiger partial charge in [0.2, 0.25) is 35.9 Å². The number of aliphatic hydroxyl groups excluding tert-OH is 1. The number of Topliss-reactive ketones (excluding diaryl/α,β-unsaturated/α-hetero) is 1. The Morgan fingerprint density at radius 3 is 1.41 bits per heavy atom. The topological polar surface area (TPSA) is 201 Å². The summed E-state index contributed by atoms with van der Waals surface area (Å²) in [7, 11) is -12.1. The molecule has 6 aliphatic heterocycles. The Morgan fingerprint density at radius 1 is 0.449 bits per heavy atom. The van der Waals surface area contributed by atoms with Crippen LogP contribution >= 0.6 is 11.9 Å². The summed E-state index contributed by atoms with van der Waals surface area (Å²) in [4.78, 5) is 23.1. The van der Waals surface area contributed by atoms with Gasteiger partial charge in [0.15, 0.2) is 11.3 Å². The van der Waals surface area contributed by atoms with Crippen LogP contribution < -0.4 is 26.5 Å². The zero-order chi connectivity index (χ0) is 68.0. The van der Waals surface area contributed by atoms with Crippen LogP contribution in [0.2, 0.25) is 0 Å². The van der Waals surface area contributed by atoms with Crippen molar-refractivity contribution >= 4 is 97.6 Å². The maximum atomic E-state index is 16.0. The zero-order valence-electron chi connectivity index (χ0n) is 56.5. The van der Waals surface area contributed by atoms with Crippen molar-refractivity contribution in [1.29, 1.82) is 0 Å². The number of allylic oxidation sites excluding steroid dienone is 2. The molecule has 2 spiro atoms. The van der Waals surface area contributed by atoms with Gasteiger partial charge in [-0.1, -0.05) is 128 Å². The number of rotatable bonds is 9. The number of hydrogen-bond acceptors (Lipinski definition) is 14. The minimum absolute atomic E-state index is 0.0654. The summed E-state index contributed by atoms with van der Waals surface area (Å²) < 4.78 is 97.4. The van der Waals surface area contributed by atoms with Crippen molar-refractivity contribution in [2.24, 2.45) is 52.3 Å². The Morgan fingerprint density at radius 2 is 0.888 bits per heavy atom. The predicted molar refractivity (Wildman–Crippen MR) is 388 cm³/mol. The second-order valence-corrected chi connectivity index (χ2v) is 37.6. The first-order valence-corrected chi connectivity index (χ1v) is 40.0. The maximum absolute atomic E-state index is 16.0. The van der Waals surface area contributed by atoms with Crippen LogP contribution in [-0.2, 0) is 46.2 Å². The third-order valence-electron chi connectivity index (χ3n) is 22.4. The molecule has 17 rings (SSSR count). The van der Waals surface area contributed by atoms with E-state index in [1.807, 2.05) is 78.9 Å². The summed E-state index contributed by atoms with van der Waals surface area (Å²) in [5.74, 6) is 1.40. The molecule has 9 aliphatic rings. The number of benzene rings is 8. The van der Waals surface area contributed by atoms with E-state index in [2.05, 4.69) is 93.8 Å². The van der Waals surface area contributed by atoms with E-state index < -0.39 is 47.2 Å². The molecule has 6 heterocycles. The van der Waals surface area contributed by atoms with Gasteiger partial charge in [0, 0.05) is 107 Å². The van der Waals surface area contributed by atoms with Crippen LogP contribution in [0.4, 0.5) is 17.1 Å². The first kappa shape index (κ1) is 64.0. The summed E-state index contributed by atoms with van der Waals surface area (Å²) in [6.07, 6.45) is 3.94. The number of fused-ring (bicyclic) bond motifs is 10. The Labute approximate surface area is 578 Å². The molecule has 16 nitrogen and oxygen atoms in total. The summed E-state index contributed by atoms with van der Waals surface area (Å²) in [5, 5.41) is 29.0. The molecule has 0 aromatic heterocycles. The van der Waals surface area contributed by atoms with Crippen LogP contribution in [0.3, 0.4) is 0 Å². The molecule has 0 amide bonds. The van der Waals surface area contributed by atoms with Gasteiger partial charge in [-0.15, -0.1) is 0 Å². The number of carbonyl (C=O) groups is 1. The molecular weight excluding hydrogens is 1310 g/mol. The Balaban J connectivity index is 0.831.